The molecule has 1 aliphatic heterocycles. The Morgan fingerprint density at radius 1 is 1.03 bits per heavy atom. The molecule has 1 heterocycles. The molecule has 4 nitrogen and oxygen atoms in total. The molecule has 0 N–H and O–H groups in total. The van der Waals surface area contributed by atoms with Crippen LogP contribution in [0.5, 0.6) is 5.75 Å². The molecule has 1 amide bonds. The minimum Gasteiger partial charge on any atom is -0.487 e. The molecule has 1 aliphatic rings. The average Bonchev–Trinajstić information content (AvgIpc) is 2.98. The van der Waals surface area contributed by atoms with E-state index in [1.807, 2.05) is 79.9 Å². The number of para-hydroxylation sites is 1. The van der Waals surface area contributed by atoms with Crippen LogP contribution < -0.4 is 9.64 Å². The van der Waals surface area contributed by atoms with Gasteiger partial charge in [-0.05, 0) is 111 Å². The van der Waals surface area contributed by atoms with E-state index in [0.29, 0.717) is 22.4 Å². The Morgan fingerprint density at radius 3 is 2.28 bits per heavy atom. The van der Waals surface area contributed by atoms with Crippen molar-refractivity contribution in [2.45, 2.75) is 6.61 Å². The molecule has 4 rings (SSSR count). The lowest BCUT2D eigenvalue weighted by Crippen LogP contribution is -2.30. The van der Waals surface area contributed by atoms with Crippen LogP contribution in [0.4, 0.5) is 5.69 Å². The third kappa shape index (κ3) is 4.95. The van der Waals surface area contributed by atoms with E-state index in [-0.39, 0.29) is 5.91 Å². The van der Waals surface area contributed by atoms with Crippen molar-refractivity contribution in [1.82, 2.24) is 4.90 Å². The Labute approximate surface area is 224 Å². The van der Waals surface area contributed by atoms with Crippen molar-refractivity contribution in [3.63, 3.8) is 0 Å². The van der Waals surface area contributed by atoms with Gasteiger partial charge in [0.1, 0.15) is 18.1 Å². The monoisotopic (exact) mass is 686 g/mol. The number of rotatable bonds is 5. The number of nitrogens with zero attached hydrogens (tertiary/aromatic N) is 2. The van der Waals surface area contributed by atoms with Crippen LogP contribution in [0.3, 0.4) is 0 Å². The van der Waals surface area contributed by atoms with E-state index in [0.717, 1.165) is 29.7 Å². The van der Waals surface area contributed by atoms with Gasteiger partial charge in [-0.15, -0.1) is 0 Å². The van der Waals surface area contributed by atoms with Gasteiger partial charge in [0, 0.05) is 12.1 Å². The number of carbonyl (C=O) groups is 1. The number of likely N-dealkylation sites (N-methyl/N-ethyl adjacent to an activating group) is 1. The number of hydrogen-bond acceptors (Lipinski definition) is 3. The standard InChI is InChI=1S/C24H17ClI2N2O2S/c1-28-21(23(30)29(24(28)32)18-5-3-2-4-6-18)13-16-11-19(26)22(20(27)12-16)31-14-15-7-9-17(25)10-8-15/h2-13H,14H2,1H3/b21-13-. The molecule has 0 spiro atoms. The summed E-state index contributed by atoms with van der Waals surface area (Å²) < 4.78 is 8.00. The minimum atomic E-state index is -0.142. The lowest BCUT2D eigenvalue weighted by Gasteiger charge is -2.16. The van der Waals surface area contributed by atoms with Crippen LogP contribution in [0, 0.1) is 7.14 Å². The van der Waals surface area contributed by atoms with Crippen LogP contribution in [-0.4, -0.2) is 23.0 Å². The lowest BCUT2D eigenvalue weighted by molar-refractivity contribution is -0.114. The second-order valence-electron chi connectivity index (χ2n) is 7.08. The maximum Gasteiger partial charge on any atom is 0.281 e. The quantitative estimate of drug-likeness (QED) is 0.169. The molecule has 0 aromatic heterocycles. The van der Waals surface area contributed by atoms with Crippen LogP contribution >= 0.6 is 69.0 Å². The van der Waals surface area contributed by atoms with Gasteiger partial charge in [-0.1, -0.05) is 41.9 Å². The molecule has 0 bridgehead atoms. The van der Waals surface area contributed by atoms with E-state index < -0.39 is 0 Å². The first kappa shape index (κ1) is 23.5. The molecule has 0 saturated carbocycles. The summed E-state index contributed by atoms with van der Waals surface area (Å²) in [7, 11) is 1.81. The Morgan fingerprint density at radius 2 is 1.66 bits per heavy atom. The van der Waals surface area contributed by atoms with Crippen LogP contribution in [-0.2, 0) is 11.4 Å². The fraction of sp³-hybridized carbons (Fsp3) is 0.0833. The van der Waals surface area contributed by atoms with E-state index in [9.17, 15) is 4.79 Å². The fourth-order valence-corrected chi connectivity index (χ4v) is 5.80. The SMILES string of the molecule is CN1C(=S)N(c2ccccc2)C(=O)/C1=C/c1cc(I)c(OCc2ccc(Cl)cc2)c(I)c1. The summed E-state index contributed by atoms with van der Waals surface area (Å²) in [5.41, 5.74) is 3.23. The molecular weight excluding hydrogens is 670 g/mol. The Kier molecular flexibility index (Phi) is 7.38. The summed E-state index contributed by atoms with van der Waals surface area (Å²) in [6.45, 7) is 0.450. The minimum absolute atomic E-state index is 0.142. The molecule has 3 aromatic rings. The number of amides is 1. The summed E-state index contributed by atoms with van der Waals surface area (Å²) in [5, 5.41) is 1.16. The van der Waals surface area contributed by atoms with Crippen LogP contribution in [0.25, 0.3) is 6.08 Å². The second-order valence-corrected chi connectivity index (χ2v) is 10.2. The topological polar surface area (TPSA) is 32.8 Å². The molecule has 0 radical (unpaired) electrons. The van der Waals surface area contributed by atoms with Crippen molar-refractivity contribution in [2.75, 3.05) is 11.9 Å². The van der Waals surface area contributed by atoms with Gasteiger partial charge in [0.25, 0.3) is 5.91 Å². The molecule has 32 heavy (non-hydrogen) atoms. The van der Waals surface area contributed by atoms with Crippen LogP contribution in [0.1, 0.15) is 11.1 Å². The number of thiocarbonyl (C=S) groups is 1. The lowest BCUT2D eigenvalue weighted by atomic mass is 10.1. The van der Waals surface area contributed by atoms with E-state index in [2.05, 4.69) is 45.2 Å². The zero-order valence-electron chi connectivity index (χ0n) is 16.9. The van der Waals surface area contributed by atoms with Crippen molar-refractivity contribution in [3.8, 4) is 5.75 Å². The van der Waals surface area contributed by atoms with E-state index >= 15 is 0 Å². The van der Waals surface area contributed by atoms with Crippen LogP contribution in [0.2, 0.25) is 5.02 Å². The largest absolute Gasteiger partial charge is 0.487 e. The van der Waals surface area contributed by atoms with Gasteiger partial charge in [-0.2, -0.15) is 0 Å². The molecule has 1 saturated heterocycles. The van der Waals surface area contributed by atoms with E-state index in [1.54, 1.807) is 9.80 Å². The van der Waals surface area contributed by atoms with Crippen molar-refractivity contribution in [2.24, 2.45) is 0 Å². The summed E-state index contributed by atoms with van der Waals surface area (Å²) in [6.07, 6.45) is 1.87. The zero-order chi connectivity index (χ0) is 22.8. The number of hydrogen-bond donors (Lipinski definition) is 0. The number of carbonyl (C=O) groups excluding carboxylic acids is 1. The fourth-order valence-electron chi connectivity index (χ4n) is 3.26. The molecule has 3 aromatic carbocycles. The molecule has 162 valence electrons. The first-order valence-corrected chi connectivity index (χ1v) is 12.5. The van der Waals surface area contributed by atoms with Crippen LogP contribution in [0.15, 0.2) is 72.4 Å². The van der Waals surface area contributed by atoms with Crippen molar-refractivity contribution >= 4 is 91.8 Å². The van der Waals surface area contributed by atoms with Gasteiger partial charge < -0.3 is 9.64 Å². The first-order valence-electron chi connectivity index (χ1n) is 9.60. The van der Waals surface area contributed by atoms with Crippen molar-refractivity contribution in [3.05, 3.63) is 95.7 Å². The summed E-state index contributed by atoms with van der Waals surface area (Å²) in [5.74, 6) is 0.674. The number of halogens is 3. The number of anilines is 1. The number of benzene rings is 3. The van der Waals surface area contributed by atoms with Gasteiger partial charge >= 0.3 is 0 Å². The van der Waals surface area contributed by atoms with Gasteiger partial charge in [0.15, 0.2) is 5.11 Å². The van der Waals surface area contributed by atoms with Gasteiger partial charge in [-0.3, -0.25) is 9.69 Å². The van der Waals surface area contributed by atoms with Gasteiger partial charge in [-0.25, -0.2) is 0 Å². The van der Waals surface area contributed by atoms with E-state index in [4.69, 9.17) is 28.6 Å². The van der Waals surface area contributed by atoms with Crippen molar-refractivity contribution in [1.29, 1.82) is 0 Å². The summed E-state index contributed by atoms with van der Waals surface area (Å²) in [4.78, 5) is 16.4. The predicted octanol–water partition coefficient (Wildman–Crippen LogP) is 6.73. The molecule has 1 fully saturated rings. The molecule has 0 aliphatic carbocycles. The van der Waals surface area contributed by atoms with Gasteiger partial charge in [0.05, 0.1) is 12.8 Å². The van der Waals surface area contributed by atoms with Crippen molar-refractivity contribution < 1.29 is 9.53 Å². The smallest absolute Gasteiger partial charge is 0.281 e. The maximum atomic E-state index is 13.1. The molecular formula is C24H17ClI2N2O2S. The normalized spacial score (nSPS) is 15.1. The maximum absolute atomic E-state index is 13.1. The molecule has 8 heteroatoms. The summed E-state index contributed by atoms with van der Waals surface area (Å²) in [6, 6.07) is 21.0. The first-order chi connectivity index (χ1) is 15.3. The zero-order valence-corrected chi connectivity index (χ0v) is 22.8. The third-order valence-electron chi connectivity index (χ3n) is 4.90. The highest BCUT2D eigenvalue weighted by molar-refractivity contribution is 14.1. The highest BCUT2D eigenvalue weighted by Gasteiger charge is 2.36. The highest BCUT2D eigenvalue weighted by atomic mass is 127. The summed E-state index contributed by atoms with van der Waals surface area (Å²) >= 11 is 16.0. The Balaban J connectivity index is 1.58. The predicted molar refractivity (Wildman–Crippen MR) is 150 cm³/mol. The second kappa shape index (κ2) is 10.1. The molecule has 0 unspecified atom stereocenters. The number of ether oxygens (including phenoxy) is 1. The molecule has 0 atom stereocenters. The van der Waals surface area contributed by atoms with Gasteiger partial charge in [0.2, 0.25) is 0 Å². The highest BCUT2D eigenvalue weighted by Crippen LogP contribution is 2.32. The Hall–Kier alpha value is -1.69. The Bertz CT molecular complexity index is 1190. The third-order valence-corrected chi connectivity index (χ3v) is 7.21. The average molecular weight is 687 g/mol. The van der Waals surface area contributed by atoms with E-state index in [1.165, 1.54) is 0 Å².